The number of benzene rings is 1. The molecule has 22 heavy (non-hydrogen) atoms. The fourth-order valence-corrected chi connectivity index (χ4v) is 3.67. The Morgan fingerprint density at radius 2 is 2.05 bits per heavy atom. The first kappa shape index (κ1) is 16.4. The van der Waals surface area contributed by atoms with E-state index in [0.29, 0.717) is 6.54 Å². The minimum Gasteiger partial charge on any atom is -0.330 e. The number of nitrogens with two attached hydrogens (primary N) is 1. The van der Waals surface area contributed by atoms with Crippen LogP contribution in [0.2, 0.25) is 0 Å². The van der Waals surface area contributed by atoms with Crippen molar-refractivity contribution in [2.45, 2.75) is 38.5 Å². The molecule has 0 radical (unpaired) electrons. The lowest BCUT2D eigenvalue weighted by atomic mass is 9.71. The molecule has 1 atom stereocenters. The Balaban J connectivity index is 2.67. The number of hydrogen-bond acceptors (Lipinski definition) is 2. The van der Waals surface area contributed by atoms with Crippen molar-refractivity contribution in [3.63, 3.8) is 0 Å². The molecule has 2 N–H and O–H groups in total. The van der Waals surface area contributed by atoms with E-state index in [-0.39, 0.29) is 5.78 Å². The van der Waals surface area contributed by atoms with E-state index in [2.05, 4.69) is 24.8 Å². The van der Waals surface area contributed by atoms with E-state index in [1.54, 1.807) is 13.0 Å². The van der Waals surface area contributed by atoms with Gasteiger partial charge in [-0.2, -0.15) is 0 Å². The molecule has 1 aromatic rings. The maximum absolute atomic E-state index is 12.7. The van der Waals surface area contributed by atoms with E-state index >= 15 is 0 Å². The van der Waals surface area contributed by atoms with Gasteiger partial charge >= 0.3 is 0 Å². The lowest BCUT2D eigenvalue weighted by Gasteiger charge is -2.30. The Morgan fingerprint density at radius 3 is 2.64 bits per heavy atom. The maximum Gasteiger partial charge on any atom is 0.144 e. The van der Waals surface area contributed by atoms with Crippen LogP contribution in [-0.4, -0.2) is 12.3 Å². The zero-order valence-corrected chi connectivity index (χ0v) is 13.6. The third kappa shape index (κ3) is 2.48. The largest absolute Gasteiger partial charge is 0.330 e. The zero-order valence-electron chi connectivity index (χ0n) is 13.6. The van der Waals surface area contributed by atoms with E-state index in [0.717, 1.165) is 41.5 Å². The maximum atomic E-state index is 12.7. The number of ketones is 1. The van der Waals surface area contributed by atoms with Crippen LogP contribution < -0.4 is 5.73 Å². The summed E-state index contributed by atoms with van der Waals surface area (Å²) in [6.07, 6.45) is 8.59. The first-order valence-corrected chi connectivity index (χ1v) is 7.94. The minimum absolute atomic E-state index is 0.206. The monoisotopic (exact) mass is 295 g/mol. The van der Waals surface area contributed by atoms with Crippen LogP contribution in [0.25, 0.3) is 5.57 Å². The normalized spacial score (nSPS) is 23.8. The Labute approximate surface area is 133 Å². The van der Waals surface area contributed by atoms with Gasteiger partial charge in [0.25, 0.3) is 0 Å². The average molecular weight is 295 g/mol. The quantitative estimate of drug-likeness (QED) is 0.800. The van der Waals surface area contributed by atoms with Crippen LogP contribution in [0.5, 0.6) is 0 Å². The van der Waals surface area contributed by atoms with Gasteiger partial charge < -0.3 is 5.73 Å². The molecule has 0 aromatic heterocycles. The van der Waals surface area contributed by atoms with Crippen molar-refractivity contribution in [2.75, 3.05) is 6.54 Å². The molecule has 116 valence electrons. The second-order valence-electron chi connectivity index (χ2n) is 5.77. The minimum atomic E-state index is -0.532. The molecule has 2 rings (SSSR count). The molecule has 0 aliphatic heterocycles. The summed E-state index contributed by atoms with van der Waals surface area (Å²) in [7, 11) is 0. The van der Waals surface area contributed by atoms with Gasteiger partial charge in [0, 0.05) is 0 Å². The van der Waals surface area contributed by atoms with E-state index < -0.39 is 5.41 Å². The summed E-state index contributed by atoms with van der Waals surface area (Å²) in [4.78, 5) is 12.7. The molecule has 2 nitrogen and oxygen atoms in total. The molecular formula is C20H25NO. The second kappa shape index (κ2) is 6.89. The van der Waals surface area contributed by atoms with Crippen molar-refractivity contribution >= 4 is 11.4 Å². The Bertz CT molecular complexity index is 639. The summed E-state index contributed by atoms with van der Waals surface area (Å²) < 4.78 is 0. The van der Waals surface area contributed by atoms with E-state index in [4.69, 9.17) is 5.73 Å². The van der Waals surface area contributed by atoms with Gasteiger partial charge in [-0.15, -0.1) is 0 Å². The smallest absolute Gasteiger partial charge is 0.144 e. The number of fused-ring (bicyclic) bond motifs is 1. The summed E-state index contributed by atoms with van der Waals surface area (Å²) >= 11 is 0. The van der Waals surface area contributed by atoms with Gasteiger partial charge in [0.15, 0.2) is 0 Å². The Morgan fingerprint density at radius 1 is 1.32 bits per heavy atom. The predicted molar refractivity (Wildman–Crippen MR) is 93.6 cm³/mol. The number of carbonyl (C=O) groups excluding carboxylic acids is 1. The Hall–Kier alpha value is -1.93. The second-order valence-corrected chi connectivity index (χ2v) is 5.77. The van der Waals surface area contributed by atoms with E-state index in [1.165, 1.54) is 0 Å². The van der Waals surface area contributed by atoms with Crippen LogP contribution in [0.1, 0.15) is 44.2 Å². The molecule has 0 saturated carbocycles. The molecular weight excluding hydrogens is 270 g/mol. The highest BCUT2D eigenvalue weighted by molar-refractivity contribution is 6.05. The highest BCUT2D eigenvalue weighted by atomic mass is 16.1. The third-order valence-electron chi connectivity index (χ3n) is 4.61. The average Bonchev–Trinajstić information content (AvgIpc) is 2.79. The summed E-state index contributed by atoms with van der Waals surface area (Å²) in [5.41, 5.74) is 9.62. The number of unbranched alkanes of at least 4 members (excludes halogenated alkanes) is 1. The van der Waals surface area contributed by atoms with Crippen molar-refractivity contribution in [1.82, 2.24) is 0 Å². The van der Waals surface area contributed by atoms with Crippen LogP contribution in [0.15, 0.2) is 54.6 Å². The first-order chi connectivity index (χ1) is 10.6. The predicted octanol–water partition coefficient (Wildman–Crippen LogP) is 4.17. The fourth-order valence-electron chi connectivity index (χ4n) is 3.67. The van der Waals surface area contributed by atoms with Crippen molar-refractivity contribution in [3.8, 4) is 0 Å². The lowest BCUT2D eigenvalue weighted by molar-refractivity contribution is -0.121. The number of carbonyl (C=O) groups is 1. The molecule has 0 saturated heterocycles. The van der Waals surface area contributed by atoms with Gasteiger partial charge in [-0.05, 0) is 55.5 Å². The Kier molecular flexibility index (Phi) is 5.15. The van der Waals surface area contributed by atoms with Gasteiger partial charge in [0.1, 0.15) is 5.78 Å². The van der Waals surface area contributed by atoms with Crippen molar-refractivity contribution < 1.29 is 4.79 Å². The first-order valence-electron chi connectivity index (χ1n) is 7.94. The fraction of sp³-hybridized carbons (Fsp3) is 0.350. The van der Waals surface area contributed by atoms with E-state index in [1.807, 2.05) is 25.1 Å². The number of rotatable bonds is 6. The standard InChI is InChI=1S/C20H25NO/c1-4-10-16-17-11-6-7-12-19(17)20(15(3)22,18(16)5-2)13-8-9-14-21/h4-7,10-12H,1,8-9,13-14,21H2,2-3H3/b16-10-,18-5+. The highest BCUT2D eigenvalue weighted by Crippen LogP contribution is 2.53. The number of hydrogen-bond donors (Lipinski definition) is 1. The molecule has 2 heteroatoms. The van der Waals surface area contributed by atoms with Gasteiger partial charge in [0.05, 0.1) is 5.41 Å². The molecule has 1 aromatic carbocycles. The van der Waals surface area contributed by atoms with Gasteiger partial charge in [0.2, 0.25) is 0 Å². The molecule has 0 spiro atoms. The molecule has 0 bridgehead atoms. The summed E-state index contributed by atoms with van der Waals surface area (Å²) in [6, 6.07) is 8.23. The molecule has 1 aliphatic carbocycles. The van der Waals surface area contributed by atoms with Crippen LogP contribution in [-0.2, 0) is 10.2 Å². The van der Waals surface area contributed by atoms with Crippen LogP contribution in [0, 0.1) is 0 Å². The zero-order chi connectivity index (χ0) is 16.2. The van der Waals surface area contributed by atoms with E-state index in [9.17, 15) is 4.79 Å². The lowest BCUT2D eigenvalue weighted by Crippen LogP contribution is -2.33. The number of allylic oxidation sites excluding steroid dienone is 5. The van der Waals surface area contributed by atoms with Gasteiger partial charge in [-0.25, -0.2) is 0 Å². The van der Waals surface area contributed by atoms with Gasteiger partial charge in [-0.1, -0.05) is 55.5 Å². The van der Waals surface area contributed by atoms with Crippen molar-refractivity contribution in [1.29, 1.82) is 0 Å². The number of Topliss-reactive ketones (excluding diaryl/α,β-unsaturated/α-hetero) is 1. The molecule has 1 aliphatic rings. The summed E-state index contributed by atoms with van der Waals surface area (Å²) in [5.74, 6) is 0.206. The summed E-state index contributed by atoms with van der Waals surface area (Å²) in [6.45, 7) is 8.21. The molecule has 0 fully saturated rings. The topological polar surface area (TPSA) is 43.1 Å². The van der Waals surface area contributed by atoms with Crippen LogP contribution in [0.3, 0.4) is 0 Å². The summed E-state index contributed by atoms with van der Waals surface area (Å²) in [5, 5.41) is 0. The highest BCUT2D eigenvalue weighted by Gasteiger charge is 2.47. The van der Waals surface area contributed by atoms with Crippen LogP contribution in [0.4, 0.5) is 0 Å². The van der Waals surface area contributed by atoms with Crippen LogP contribution >= 0.6 is 0 Å². The van der Waals surface area contributed by atoms with Crippen molar-refractivity contribution in [3.05, 3.63) is 65.8 Å². The molecule has 0 heterocycles. The molecule has 1 unspecified atom stereocenters. The third-order valence-corrected chi connectivity index (χ3v) is 4.61. The molecule has 0 amide bonds. The van der Waals surface area contributed by atoms with Gasteiger partial charge in [-0.3, -0.25) is 4.79 Å². The SMILES string of the molecule is C=C/C=C1\C(=C/C)C(CCCCN)(C(C)=O)c2ccccc21. The van der Waals surface area contributed by atoms with Crippen molar-refractivity contribution in [2.24, 2.45) is 5.73 Å².